The van der Waals surface area contributed by atoms with Gasteiger partial charge in [0.2, 0.25) is 0 Å². The third-order valence-corrected chi connectivity index (χ3v) is 4.62. The first-order valence-corrected chi connectivity index (χ1v) is 7.92. The lowest BCUT2D eigenvalue weighted by Gasteiger charge is -2.12. The second-order valence-corrected chi connectivity index (χ2v) is 6.19. The third-order valence-electron chi connectivity index (χ3n) is 3.49. The molecule has 21 heavy (non-hydrogen) atoms. The average Bonchev–Trinajstić information content (AvgIpc) is 3.03. The summed E-state index contributed by atoms with van der Waals surface area (Å²) in [5.41, 5.74) is 2.51. The van der Waals surface area contributed by atoms with Crippen molar-refractivity contribution >= 4 is 11.3 Å². The van der Waals surface area contributed by atoms with Gasteiger partial charge in [0.15, 0.2) is 0 Å². The molecule has 3 rings (SSSR count). The highest BCUT2D eigenvalue weighted by atomic mass is 32.1. The molecule has 106 valence electrons. The summed E-state index contributed by atoms with van der Waals surface area (Å²) < 4.78 is 0. The zero-order chi connectivity index (χ0) is 14.5. The number of nitrogens with zero attached hydrogens (tertiary/aromatic N) is 1. The Balaban J connectivity index is 1.63. The average molecular weight is 294 g/mol. The van der Waals surface area contributed by atoms with Crippen LogP contribution in [0.25, 0.3) is 10.4 Å². The van der Waals surface area contributed by atoms with Gasteiger partial charge in [0.25, 0.3) is 0 Å². The monoisotopic (exact) mass is 294 g/mol. The molecule has 0 fully saturated rings. The van der Waals surface area contributed by atoms with E-state index in [4.69, 9.17) is 0 Å². The first kappa shape index (κ1) is 14.0. The first-order valence-electron chi connectivity index (χ1n) is 7.10. The predicted molar refractivity (Wildman–Crippen MR) is 89.2 cm³/mol. The van der Waals surface area contributed by atoms with Crippen LogP contribution in [-0.2, 0) is 6.54 Å². The van der Waals surface area contributed by atoms with Crippen LogP contribution in [0.4, 0.5) is 0 Å². The maximum atomic E-state index is 4.17. The van der Waals surface area contributed by atoms with Crippen LogP contribution in [0.1, 0.15) is 23.4 Å². The van der Waals surface area contributed by atoms with E-state index in [0.29, 0.717) is 6.04 Å². The summed E-state index contributed by atoms with van der Waals surface area (Å²) in [7, 11) is 0. The Morgan fingerprint density at radius 3 is 2.67 bits per heavy atom. The van der Waals surface area contributed by atoms with E-state index < -0.39 is 0 Å². The lowest BCUT2D eigenvalue weighted by Crippen LogP contribution is -2.17. The van der Waals surface area contributed by atoms with Crippen LogP contribution in [-0.4, -0.2) is 4.98 Å². The van der Waals surface area contributed by atoms with Crippen LogP contribution in [0.5, 0.6) is 0 Å². The number of rotatable bonds is 5. The lowest BCUT2D eigenvalue weighted by molar-refractivity contribution is 0.577. The minimum atomic E-state index is 0.306. The predicted octanol–water partition coefficient (Wildman–Crippen LogP) is 4.66. The molecule has 1 unspecified atom stereocenters. The maximum absolute atomic E-state index is 4.17. The van der Waals surface area contributed by atoms with Gasteiger partial charge in [-0.05, 0) is 36.2 Å². The number of pyridine rings is 1. The molecule has 1 atom stereocenters. The Bertz CT molecular complexity index is 677. The van der Waals surface area contributed by atoms with E-state index in [1.165, 1.54) is 20.9 Å². The van der Waals surface area contributed by atoms with Gasteiger partial charge in [-0.15, -0.1) is 11.3 Å². The molecule has 0 saturated heterocycles. The summed E-state index contributed by atoms with van der Waals surface area (Å²) in [6.07, 6.45) is 3.73. The normalized spacial score (nSPS) is 12.2. The second kappa shape index (κ2) is 6.66. The van der Waals surface area contributed by atoms with Crippen molar-refractivity contribution in [3.63, 3.8) is 0 Å². The number of benzene rings is 1. The first-order chi connectivity index (χ1) is 10.3. The van der Waals surface area contributed by atoms with Crippen molar-refractivity contribution in [2.24, 2.45) is 0 Å². The summed E-state index contributed by atoms with van der Waals surface area (Å²) in [5, 5.41) is 3.55. The van der Waals surface area contributed by atoms with Crippen molar-refractivity contribution in [3.05, 3.63) is 77.4 Å². The summed E-state index contributed by atoms with van der Waals surface area (Å²) in [6.45, 7) is 3.05. The molecular weight excluding hydrogens is 276 g/mol. The number of aromatic nitrogens is 1. The molecule has 0 saturated carbocycles. The highest BCUT2D eigenvalue weighted by Gasteiger charge is 2.06. The molecule has 2 heterocycles. The fourth-order valence-corrected chi connectivity index (χ4v) is 3.20. The largest absolute Gasteiger partial charge is 0.305 e. The summed E-state index contributed by atoms with van der Waals surface area (Å²) in [5.74, 6) is 0. The van der Waals surface area contributed by atoms with Crippen molar-refractivity contribution < 1.29 is 0 Å². The number of hydrogen-bond acceptors (Lipinski definition) is 3. The van der Waals surface area contributed by atoms with Gasteiger partial charge in [-0.1, -0.05) is 36.4 Å². The smallest absolute Gasteiger partial charge is 0.0346 e. The maximum Gasteiger partial charge on any atom is 0.0346 e. The molecule has 0 aliphatic rings. The van der Waals surface area contributed by atoms with Crippen LogP contribution < -0.4 is 5.32 Å². The van der Waals surface area contributed by atoms with Gasteiger partial charge in [0, 0.05) is 34.7 Å². The van der Waals surface area contributed by atoms with Gasteiger partial charge in [0.1, 0.15) is 0 Å². The minimum absolute atomic E-state index is 0.306. The van der Waals surface area contributed by atoms with Gasteiger partial charge in [-0.3, -0.25) is 4.98 Å². The summed E-state index contributed by atoms with van der Waals surface area (Å²) in [4.78, 5) is 6.84. The second-order valence-electron chi connectivity index (χ2n) is 5.02. The molecular formula is C18H18N2S. The molecule has 0 aliphatic heterocycles. The standard InChI is InChI=1S/C18H18N2S/c1-14(16-8-5-11-19-12-16)20-13-17-9-10-18(21-17)15-6-3-2-4-7-15/h2-12,14,20H,13H2,1H3. The van der Waals surface area contributed by atoms with E-state index in [1.807, 2.05) is 29.8 Å². The molecule has 1 aromatic carbocycles. The van der Waals surface area contributed by atoms with Crippen LogP contribution in [0.2, 0.25) is 0 Å². The highest BCUT2D eigenvalue weighted by Crippen LogP contribution is 2.28. The van der Waals surface area contributed by atoms with E-state index >= 15 is 0 Å². The summed E-state index contributed by atoms with van der Waals surface area (Å²) in [6, 6.07) is 19.3. The Kier molecular flexibility index (Phi) is 4.43. The van der Waals surface area contributed by atoms with Crippen molar-refractivity contribution in [2.75, 3.05) is 0 Å². The van der Waals surface area contributed by atoms with E-state index in [0.717, 1.165) is 6.54 Å². The van der Waals surface area contributed by atoms with Crippen molar-refractivity contribution in [1.82, 2.24) is 10.3 Å². The van der Waals surface area contributed by atoms with Crippen molar-refractivity contribution in [1.29, 1.82) is 0 Å². The van der Waals surface area contributed by atoms with Crippen molar-refractivity contribution in [3.8, 4) is 10.4 Å². The van der Waals surface area contributed by atoms with Gasteiger partial charge >= 0.3 is 0 Å². The number of thiophene rings is 1. The molecule has 3 aromatic rings. The molecule has 0 spiro atoms. The minimum Gasteiger partial charge on any atom is -0.305 e. The zero-order valence-corrected chi connectivity index (χ0v) is 12.8. The van der Waals surface area contributed by atoms with Gasteiger partial charge in [0.05, 0.1) is 0 Å². The molecule has 0 radical (unpaired) electrons. The molecule has 2 nitrogen and oxygen atoms in total. The van der Waals surface area contributed by atoms with E-state index in [1.54, 1.807) is 0 Å². The lowest BCUT2D eigenvalue weighted by atomic mass is 10.1. The van der Waals surface area contributed by atoms with Gasteiger partial charge < -0.3 is 5.32 Å². The fourth-order valence-electron chi connectivity index (χ4n) is 2.23. The fraction of sp³-hybridized carbons (Fsp3) is 0.167. The van der Waals surface area contributed by atoms with Gasteiger partial charge in [-0.25, -0.2) is 0 Å². The van der Waals surface area contributed by atoms with Crippen LogP contribution in [0, 0.1) is 0 Å². The zero-order valence-electron chi connectivity index (χ0n) is 12.0. The molecule has 0 amide bonds. The number of hydrogen-bond donors (Lipinski definition) is 1. The highest BCUT2D eigenvalue weighted by molar-refractivity contribution is 7.15. The third kappa shape index (κ3) is 3.57. The van der Waals surface area contributed by atoms with E-state index in [9.17, 15) is 0 Å². The quantitative estimate of drug-likeness (QED) is 0.740. The SMILES string of the molecule is CC(NCc1ccc(-c2ccccc2)s1)c1cccnc1. The van der Waals surface area contributed by atoms with Crippen LogP contribution >= 0.6 is 11.3 Å². The van der Waals surface area contributed by atoms with E-state index in [-0.39, 0.29) is 0 Å². The Morgan fingerprint density at radius 2 is 1.90 bits per heavy atom. The molecule has 3 heteroatoms. The Hall–Kier alpha value is -1.97. The van der Waals surface area contributed by atoms with Crippen LogP contribution in [0.3, 0.4) is 0 Å². The Labute approximate surface area is 129 Å². The molecule has 1 N–H and O–H groups in total. The molecule has 0 bridgehead atoms. The van der Waals surface area contributed by atoms with Crippen molar-refractivity contribution in [2.45, 2.75) is 19.5 Å². The Morgan fingerprint density at radius 1 is 1.05 bits per heavy atom. The number of nitrogens with one attached hydrogen (secondary N) is 1. The van der Waals surface area contributed by atoms with E-state index in [2.05, 4.69) is 65.8 Å². The van der Waals surface area contributed by atoms with Crippen LogP contribution in [0.15, 0.2) is 67.0 Å². The molecule has 0 aliphatic carbocycles. The topological polar surface area (TPSA) is 24.9 Å². The molecule has 2 aromatic heterocycles. The van der Waals surface area contributed by atoms with Gasteiger partial charge in [-0.2, -0.15) is 0 Å². The summed E-state index contributed by atoms with van der Waals surface area (Å²) >= 11 is 1.85.